The number of aryl methyl sites for hydroxylation is 1. The fourth-order valence-corrected chi connectivity index (χ4v) is 4.71. The van der Waals surface area contributed by atoms with Crippen molar-refractivity contribution in [2.45, 2.75) is 18.4 Å². The minimum atomic E-state index is -4.23. The van der Waals surface area contributed by atoms with E-state index in [4.69, 9.17) is 0 Å². The average Bonchev–Trinajstić information content (AvgIpc) is 2.78. The summed E-state index contributed by atoms with van der Waals surface area (Å²) in [6.45, 7) is 2.04. The quantitative estimate of drug-likeness (QED) is 0.676. The highest BCUT2D eigenvalue weighted by Gasteiger charge is 2.32. The van der Waals surface area contributed by atoms with Crippen molar-refractivity contribution >= 4 is 22.0 Å². The highest BCUT2D eigenvalue weighted by Crippen LogP contribution is 2.21. The number of nitrogens with zero attached hydrogens (tertiary/aromatic N) is 2. The van der Waals surface area contributed by atoms with Crippen LogP contribution in [0.15, 0.2) is 47.4 Å². The van der Waals surface area contributed by atoms with Gasteiger partial charge >= 0.3 is 6.03 Å². The fourth-order valence-electron chi connectivity index (χ4n) is 3.21. The van der Waals surface area contributed by atoms with Crippen LogP contribution >= 0.6 is 0 Å². The summed E-state index contributed by atoms with van der Waals surface area (Å²) in [4.78, 5) is 24.9. The first-order valence-electron chi connectivity index (χ1n) is 9.97. The lowest BCUT2D eigenvalue weighted by molar-refractivity contribution is -0.131. The molecule has 2 N–H and O–H groups in total. The molecule has 0 aliphatic carbocycles. The first-order chi connectivity index (χ1) is 15.2. The van der Waals surface area contributed by atoms with E-state index < -0.39 is 32.6 Å². The molecule has 0 spiro atoms. The molecule has 32 heavy (non-hydrogen) atoms. The zero-order chi connectivity index (χ0) is 23.3. The molecule has 8 nitrogen and oxygen atoms in total. The summed E-state index contributed by atoms with van der Waals surface area (Å²) in [6, 6.07) is 9.39. The SMILES string of the molecule is Cc1ccc(CNC(=O)NCC(=O)N2CCN(S(=O)(=O)c3cc(F)ccc3F)CC2)cc1. The molecule has 2 aromatic carbocycles. The second-order valence-corrected chi connectivity index (χ2v) is 9.29. The van der Waals surface area contributed by atoms with Gasteiger partial charge in [-0.05, 0) is 30.7 Å². The van der Waals surface area contributed by atoms with Gasteiger partial charge in [-0.2, -0.15) is 4.31 Å². The Hall–Kier alpha value is -3.05. The number of nitrogens with one attached hydrogen (secondary N) is 2. The Morgan fingerprint density at radius 3 is 2.28 bits per heavy atom. The number of amides is 3. The summed E-state index contributed by atoms with van der Waals surface area (Å²) in [5.74, 6) is -2.26. The smallest absolute Gasteiger partial charge is 0.315 e. The van der Waals surface area contributed by atoms with Gasteiger partial charge in [0.05, 0.1) is 6.54 Å². The lowest BCUT2D eigenvalue weighted by Gasteiger charge is -2.34. The first-order valence-corrected chi connectivity index (χ1v) is 11.4. The summed E-state index contributed by atoms with van der Waals surface area (Å²) in [6.07, 6.45) is 0. The van der Waals surface area contributed by atoms with E-state index in [2.05, 4.69) is 10.6 Å². The van der Waals surface area contributed by atoms with Gasteiger partial charge in [0.25, 0.3) is 0 Å². The van der Waals surface area contributed by atoms with E-state index in [0.29, 0.717) is 12.6 Å². The maximum atomic E-state index is 13.9. The molecule has 3 rings (SSSR count). The average molecular weight is 467 g/mol. The standard InChI is InChI=1S/C21H24F2N4O4S/c1-15-2-4-16(5-3-15)13-24-21(29)25-14-20(28)26-8-10-27(11-9-26)32(30,31)19-12-17(22)6-7-18(19)23/h2-7,12H,8-11,13-14H2,1H3,(H2,24,25,29). The molecule has 1 heterocycles. The van der Waals surface area contributed by atoms with Crippen LogP contribution in [0.3, 0.4) is 0 Å². The van der Waals surface area contributed by atoms with Gasteiger partial charge in [0.2, 0.25) is 15.9 Å². The van der Waals surface area contributed by atoms with E-state index in [1.165, 1.54) is 4.90 Å². The van der Waals surface area contributed by atoms with Crippen LogP contribution in [-0.4, -0.2) is 62.3 Å². The Morgan fingerprint density at radius 2 is 1.62 bits per heavy atom. The molecule has 3 amide bonds. The molecule has 172 valence electrons. The van der Waals surface area contributed by atoms with Crippen LogP contribution in [0.25, 0.3) is 0 Å². The maximum Gasteiger partial charge on any atom is 0.315 e. The fraction of sp³-hybridized carbons (Fsp3) is 0.333. The van der Waals surface area contributed by atoms with Crippen molar-refractivity contribution in [2.24, 2.45) is 0 Å². The zero-order valence-corrected chi connectivity index (χ0v) is 18.3. The number of halogens is 2. The second kappa shape index (κ2) is 10.0. The molecular weight excluding hydrogens is 442 g/mol. The largest absolute Gasteiger partial charge is 0.339 e. The van der Waals surface area contributed by atoms with Gasteiger partial charge in [-0.3, -0.25) is 4.79 Å². The predicted molar refractivity (Wildman–Crippen MR) is 113 cm³/mol. The molecule has 0 radical (unpaired) electrons. The summed E-state index contributed by atoms with van der Waals surface area (Å²) in [5, 5.41) is 5.14. The van der Waals surface area contributed by atoms with Crippen LogP contribution in [0, 0.1) is 18.6 Å². The molecule has 1 aliphatic heterocycles. The van der Waals surface area contributed by atoms with Crippen LogP contribution in [0.4, 0.5) is 13.6 Å². The van der Waals surface area contributed by atoms with Crippen molar-refractivity contribution in [3.8, 4) is 0 Å². The summed E-state index contributed by atoms with van der Waals surface area (Å²) in [5.41, 5.74) is 2.03. The summed E-state index contributed by atoms with van der Waals surface area (Å²) < 4.78 is 53.5. The van der Waals surface area contributed by atoms with E-state index in [1.54, 1.807) is 0 Å². The number of hydrogen-bond donors (Lipinski definition) is 2. The van der Waals surface area contributed by atoms with Crippen LogP contribution in [0.1, 0.15) is 11.1 Å². The first kappa shape index (κ1) is 23.6. The van der Waals surface area contributed by atoms with Gasteiger partial charge in [0.15, 0.2) is 0 Å². The highest BCUT2D eigenvalue weighted by molar-refractivity contribution is 7.89. The number of benzene rings is 2. The third-order valence-corrected chi connectivity index (χ3v) is 6.99. The predicted octanol–water partition coefficient (Wildman–Crippen LogP) is 1.61. The normalized spacial score (nSPS) is 14.8. The van der Waals surface area contributed by atoms with Crippen LogP contribution in [-0.2, 0) is 21.4 Å². The van der Waals surface area contributed by atoms with E-state index in [9.17, 15) is 26.8 Å². The van der Waals surface area contributed by atoms with Crippen molar-refractivity contribution in [3.63, 3.8) is 0 Å². The minimum Gasteiger partial charge on any atom is -0.339 e. The van der Waals surface area contributed by atoms with Crippen LogP contribution < -0.4 is 10.6 Å². The summed E-state index contributed by atoms with van der Waals surface area (Å²) in [7, 11) is -4.23. The monoisotopic (exact) mass is 466 g/mol. The van der Waals surface area contributed by atoms with E-state index in [0.717, 1.165) is 27.6 Å². The van der Waals surface area contributed by atoms with Gasteiger partial charge in [-0.1, -0.05) is 29.8 Å². The second-order valence-electron chi connectivity index (χ2n) is 7.38. The molecular formula is C21H24F2N4O4S. The lowest BCUT2D eigenvalue weighted by Crippen LogP contribution is -2.53. The van der Waals surface area contributed by atoms with Crippen molar-refractivity contribution in [2.75, 3.05) is 32.7 Å². The van der Waals surface area contributed by atoms with Crippen LogP contribution in [0.2, 0.25) is 0 Å². The Balaban J connectivity index is 1.46. The number of carbonyl (C=O) groups excluding carboxylic acids is 2. The molecule has 0 atom stereocenters. The Bertz CT molecular complexity index is 1090. The lowest BCUT2D eigenvalue weighted by atomic mass is 10.1. The Morgan fingerprint density at radius 1 is 0.969 bits per heavy atom. The zero-order valence-electron chi connectivity index (χ0n) is 17.5. The molecule has 1 saturated heterocycles. The topological polar surface area (TPSA) is 98.8 Å². The molecule has 0 aromatic heterocycles. The van der Waals surface area contributed by atoms with Crippen molar-refractivity contribution < 1.29 is 26.8 Å². The van der Waals surface area contributed by atoms with Gasteiger partial charge in [0, 0.05) is 32.7 Å². The number of hydrogen-bond acceptors (Lipinski definition) is 4. The number of sulfonamides is 1. The third kappa shape index (κ3) is 5.80. The van der Waals surface area contributed by atoms with Crippen molar-refractivity contribution in [1.82, 2.24) is 19.8 Å². The molecule has 11 heteroatoms. The van der Waals surface area contributed by atoms with Crippen molar-refractivity contribution in [1.29, 1.82) is 0 Å². The molecule has 2 aromatic rings. The highest BCUT2D eigenvalue weighted by atomic mass is 32.2. The molecule has 1 fully saturated rings. The van der Waals surface area contributed by atoms with Gasteiger partial charge in [0.1, 0.15) is 16.5 Å². The number of piperazine rings is 1. The molecule has 0 unspecified atom stereocenters. The third-order valence-electron chi connectivity index (χ3n) is 5.08. The Labute approximate surface area is 185 Å². The molecule has 0 saturated carbocycles. The van der Waals surface area contributed by atoms with Crippen molar-refractivity contribution in [3.05, 3.63) is 65.2 Å². The number of urea groups is 1. The molecule has 0 bridgehead atoms. The molecule has 1 aliphatic rings. The minimum absolute atomic E-state index is 0.0658. The van der Waals surface area contributed by atoms with E-state index in [-0.39, 0.29) is 38.6 Å². The van der Waals surface area contributed by atoms with Gasteiger partial charge in [-0.15, -0.1) is 0 Å². The van der Waals surface area contributed by atoms with E-state index in [1.807, 2.05) is 31.2 Å². The number of carbonyl (C=O) groups is 2. The number of rotatable bonds is 6. The summed E-state index contributed by atoms with van der Waals surface area (Å²) >= 11 is 0. The van der Waals surface area contributed by atoms with E-state index >= 15 is 0 Å². The maximum absolute atomic E-state index is 13.9. The Kier molecular flexibility index (Phi) is 7.41. The van der Waals surface area contributed by atoms with Gasteiger partial charge in [-0.25, -0.2) is 22.0 Å². The van der Waals surface area contributed by atoms with Gasteiger partial charge < -0.3 is 15.5 Å². The van der Waals surface area contributed by atoms with Crippen LogP contribution in [0.5, 0.6) is 0 Å².